The first-order chi connectivity index (χ1) is 11.6. The average molecular weight is 352 g/mol. The fraction of sp³-hybridized carbons (Fsp3) is 0.632. The summed E-state index contributed by atoms with van der Waals surface area (Å²) < 4.78 is 11.5. The van der Waals surface area contributed by atoms with E-state index in [-0.39, 0.29) is 12.0 Å². The molecule has 2 atom stereocenters. The topological polar surface area (TPSA) is 38.8 Å². The highest BCUT2D eigenvalue weighted by molar-refractivity contribution is 6.30. The quantitative estimate of drug-likeness (QED) is 0.825. The van der Waals surface area contributed by atoms with Crippen molar-refractivity contribution in [2.24, 2.45) is 0 Å². The first-order valence-corrected chi connectivity index (χ1v) is 9.27. The van der Waals surface area contributed by atoms with Crippen molar-refractivity contribution < 1.29 is 14.3 Å². The van der Waals surface area contributed by atoms with Gasteiger partial charge in [0.05, 0.1) is 12.7 Å². The number of amides is 1. The van der Waals surface area contributed by atoms with E-state index in [1.807, 2.05) is 30.9 Å². The fourth-order valence-corrected chi connectivity index (χ4v) is 3.92. The van der Waals surface area contributed by atoms with Gasteiger partial charge in [0.15, 0.2) is 0 Å². The molecule has 2 aliphatic heterocycles. The van der Waals surface area contributed by atoms with Gasteiger partial charge in [0.2, 0.25) is 0 Å². The van der Waals surface area contributed by atoms with Gasteiger partial charge in [-0.1, -0.05) is 11.6 Å². The molecular weight excluding hydrogens is 326 g/mol. The zero-order chi connectivity index (χ0) is 17.1. The number of carbonyl (C=O) groups is 1. The van der Waals surface area contributed by atoms with Crippen LogP contribution in [-0.2, 0) is 20.7 Å². The Kier molecular flexibility index (Phi) is 5.80. The molecule has 1 aromatic rings. The predicted octanol–water partition coefficient (Wildman–Crippen LogP) is 3.90. The van der Waals surface area contributed by atoms with Gasteiger partial charge in [-0.3, -0.25) is 4.79 Å². The second-order valence-electron chi connectivity index (χ2n) is 6.79. The summed E-state index contributed by atoms with van der Waals surface area (Å²) in [7, 11) is 0. The lowest BCUT2D eigenvalue weighted by atomic mass is 9.97. The van der Waals surface area contributed by atoms with Crippen molar-refractivity contribution in [3.63, 3.8) is 0 Å². The number of fused-ring (bicyclic) bond motifs is 1. The van der Waals surface area contributed by atoms with Gasteiger partial charge in [0.25, 0.3) is 5.91 Å². The third-order valence-electron chi connectivity index (χ3n) is 4.86. The number of halogens is 1. The summed E-state index contributed by atoms with van der Waals surface area (Å²) in [6.07, 6.45) is 4.90. The summed E-state index contributed by atoms with van der Waals surface area (Å²) >= 11 is 6.17. The molecule has 0 saturated carbocycles. The molecule has 0 radical (unpaired) electrons. The number of carbonyl (C=O) groups excluding carboxylic acids is 1. The molecule has 2 unspecified atom stereocenters. The zero-order valence-electron chi connectivity index (χ0n) is 14.5. The minimum atomic E-state index is -0.462. The Labute approximate surface area is 149 Å². The van der Waals surface area contributed by atoms with Gasteiger partial charge < -0.3 is 14.4 Å². The largest absolute Gasteiger partial charge is 0.376 e. The fourth-order valence-electron chi connectivity index (χ4n) is 3.62. The number of anilines is 1. The molecule has 1 fully saturated rings. The van der Waals surface area contributed by atoms with E-state index in [0.29, 0.717) is 6.61 Å². The number of aryl methyl sites for hydroxylation is 2. The van der Waals surface area contributed by atoms with Gasteiger partial charge in [0, 0.05) is 23.9 Å². The van der Waals surface area contributed by atoms with Crippen molar-refractivity contribution in [3.05, 3.63) is 28.3 Å². The first-order valence-electron chi connectivity index (χ1n) is 8.90. The van der Waals surface area contributed by atoms with E-state index in [1.54, 1.807) is 0 Å². The van der Waals surface area contributed by atoms with Crippen LogP contribution >= 0.6 is 11.6 Å². The normalized spacial score (nSPS) is 22.1. The maximum atomic E-state index is 12.9. The van der Waals surface area contributed by atoms with E-state index in [9.17, 15) is 4.79 Å². The highest BCUT2D eigenvalue weighted by atomic mass is 35.5. The van der Waals surface area contributed by atoms with E-state index in [1.165, 1.54) is 6.42 Å². The second kappa shape index (κ2) is 7.85. The second-order valence-corrected chi connectivity index (χ2v) is 7.22. The maximum absolute atomic E-state index is 12.9. The third kappa shape index (κ3) is 3.93. The van der Waals surface area contributed by atoms with E-state index >= 15 is 0 Å². The Hall–Kier alpha value is -1.10. The number of rotatable bonds is 4. The summed E-state index contributed by atoms with van der Waals surface area (Å²) in [6, 6.07) is 3.90. The van der Waals surface area contributed by atoms with Crippen molar-refractivity contribution in [3.8, 4) is 0 Å². The average Bonchev–Trinajstić information content (AvgIpc) is 2.59. The molecule has 1 saturated heterocycles. The monoisotopic (exact) mass is 351 g/mol. The molecule has 1 amide bonds. The molecule has 5 heteroatoms. The Morgan fingerprint density at radius 3 is 3.00 bits per heavy atom. The molecule has 0 aliphatic carbocycles. The summed E-state index contributed by atoms with van der Waals surface area (Å²) in [5.41, 5.74) is 3.22. The summed E-state index contributed by atoms with van der Waals surface area (Å²) in [6.45, 7) is 5.88. The lowest BCUT2D eigenvalue weighted by Crippen LogP contribution is -2.43. The van der Waals surface area contributed by atoms with Crippen molar-refractivity contribution in [2.75, 3.05) is 24.7 Å². The predicted molar refractivity (Wildman–Crippen MR) is 95.9 cm³/mol. The number of hydrogen-bond acceptors (Lipinski definition) is 3. The molecule has 0 N–H and O–H groups in total. The van der Waals surface area contributed by atoms with Gasteiger partial charge >= 0.3 is 0 Å². The van der Waals surface area contributed by atoms with Crippen LogP contribution in [0.1, 0.15) is 43.7 Å². The van der Waals surface area contributed by atoms with Crippen molar-refractivity contribution in [1.82, 2.24) is 0 Å². The first kappa shape index (κ1) is 17.7. The molecule has 3 rings (SSSR count). The van der Waals surface area contributed by atoms with Crippen LogP contribution in [0.15, 0.2) is 12.1 Å². The molecule has 0 bridgehead atoms. The number of hydrogen-bond donors (Lipinski definition) is 0. The number of nitrogens with zero attached hydrogens (tertiary/aromatic N) is 1. The van der Waals surface area contributed by atoms with E-state index in [2.05, 4.69) is 0 Å². The van der Waals surface area contributed by atoms with Gasteiger partial charge in [-0.15, -0.1) is 0 Å². The van der Waals surface area contributed by atoms with Crippen molar-refractivity contribution in [2.45, 2.75) is 58.2 Å². The maximum Gasteiger partial charge on any atom is 0.255 e. The molecule has 0 aromatic heterocycles. The molecular formula is C19H26ClNO3. The Morgan fingerprint density at radius 1 is 1.42 bits per heavy atom. The lowest BCUT2D eigenvalue weighted by molar-refractivity contribution is -0.132. The smallest absolute Gasteiger partial charge is 0.255 e. The Balaban J connectivity index is 1.67. The van der Waals surface area contributed by atoms with E-state index in [4.69, 9.17) is 21.1 Å². The molecule has 4 nitrogen and oxygen atoms in total. The van der Waals surface area contributed by atoms with Gasteiger partial charge in [-0.05, 0) is 69.2 Å². The summed E-state index contributed by atoms with van der Waals surface area (Å²) in [5, 5.41) is 0.735. The highest BCUT2D eigenvalue weighted by Crippen LogP contribution is 2.34. The Bertz CT molecular complexity index is 599. The SMILES string of the molecule is Cc1cc(Cl)cc2c1N(C(=O)C(C)OCC1CCCCO1)CCC2. The van der Waals surface area contributed by atoms with Crippen molar-refractivity contribution >= 4 is 23.2 Å². The van der Waals surface area contributed by atoms with E-state index < -0.39 is 6.10 Å². The minimum absolute atomic E-state index is 0.0252. The minimum Gasteiger partial charge on any atom is -0.376 e. The van der Waals surface area contributed by atoms with Crippen LogP contribution in [0.25, 0.3) is 0 Å². The third-order valence-corrected chi connectivity index (χ3v) is 5.08. The number of ether oxygens (including phenoxy) is 2. The number of benzene rings is 1. The molecule has 1 aromatic carbocycles. The highest BCUT2D eigenvalue weighted by Gasteiger charge is 2.29. The molecule has 2 aliphatic rings. The van der Waals surface area contributed by atoms with Gasteiger partial charge in [-0.25, -0.2) is 0 Å². The van der Waals surface area contributed by atoms with Crippen molar-refractivity contribution in [1.29, 1.82) is 0 Å². The lowest BCUT2D eigenvalue weighted by Gasteiger charge is -2.33. The van der Waals surface area contributed by atoms with Crippen LogP contribution < -0.4 is 4.90 Å². The molecule has 24 heavy (non-hydrogen) atoms. The zero-order valence-corrected chi connectivity index (χ0v) is 15.3. The molecule has 132 valence electrons. The Morgan fingerprint density at radius 2 is 2.25 bits per heavy atom. The van der Waals surface area contributed by atoms with Crippen LogP contribution in [0, 0.1) is 6.92 Å². The van der Waals surface area contributed by atoms with E-state index in [0.717, 1.165) is 60.7 Å². The standard InChI is InChI=1S/C19H26ClNO3/c1-13-10-16(20)11-15-6-5-8-21(18(13)15)19(22)14(2)24-12-17-7-3-4-9-23-17/h10-11,14,17H,3-9,12H2,1-2H3. The molecule has 2 heterocycles. The molecule has 0 spiro atoms. The van der Waals surface area contributed by atoms with Crippen LogP contribution in [0.2, 0.25) is 5.02 Å². The summed E-state index contributed by atoms with van der Waals surface area (Å²) in [4.78, 5) is 14.8. The summed E-state index contributed by atoms with van der Waals surface area (Å²) in [5.74, 6) is 0.0252. The van der Waals surface area contributed by atoms with Gasteiger partial charge in [0.1, 0.15) is 6.10 Å². The van der Waals surface area contributed by atoms with Crippen LogP contribution in [0.5, 0.6) is 0 Å². The van der Waals surface area contributed by atoms with Crippen LogP contribution in [-0.4, -0.2) is 37.9 Å². The van der Waals surface area contributed by atoms with Crippen LogP contribution in [0.4, 0.5) is 5.69 Å². The van der Waals surface area contributed by atoms with Gasteiger partial charge in [-0.2, -0.15) is 0 Å². The van der Waals surface area contributed by atoms with Crippen LogP contribution in [0.3, 0.4) is 0 Å².